The number of esters is 1. The Morgan fingerprint density at radius 2 is 2.00 bits per heavy atom. The molecule has 0 saturated heterocycles. The van der Waals surface area contributed by atoms with Crippen LogP contribution in [0.4, 0.5) is 0 Å². The molecule has 0 aromatic heterocycles. The van der Waals surface area contributed by atoms with Crippen molar-refractivity contribution >= 4 is 5.97 Å². The van der Waals surface area contributed by atoms with Gasteiger partial charge in [-0.25, -0.2) is 0 Å². The third-order valence-corrected chi connectivity index (χ3v) is 2.95. The molecular formula is C16H24O3. The Hall–Kier alpha value is -1.51. The van der Waals surface area contributed by atoms with Crippen LogP contribution >= 0.6 is 0 Å². The highest BCUT2D eigenvalue weighted by molar-refractivity contribution is 5.69. The second kappa shape index (κ2) is 6.60. The van der Waals surface area contributed by atoms with Gasteiger partial charge in [0, 0.05) is 6.42 Å². The summed E-state index contributed by atoms with van der Waals surface area (Å²) >= 11 is 0. The van der Waals surface area contributed by atoms with E-state index in [-0.39, 0.29) is 11.4 Å². The van der Waals surface area contributed by atoms with Gasteiger partial charge < -0.3 is 9.84 Å². The van der Waals surface area contributed by atoms with E-state index in [9.17, 15) is 9.90 Å². The van der Waals surface area contributed by atoms with E-state index in [0.717, 1.165) is 17.5 Å². The Kier molecular flexibility index (Phi) is 5.40. The summed E-state index contributed by atoms with van der Waals surface area (Å²) in [4.78, 5) is 11.5. The van der Waals surface area contributed by atoms with Crippen LogP contribution in [0.25, 0.3) is 0 Å². The predicted octanol–water partition coefficient (Wildman–Crippen LogP) is 3.58. The number of ether oxygens (including phenoxy) is 1. The van der Waals surface area contributed by atoms with Crippen LogP contribution in [-0.2, 0) is 21.4 Å². The third kappa shape index (κ3) is 4.93. The Bertz CT molecular complexity index is 430. The number of aryl methyl sites for hydroxylation is 1. The molecule has 3 heteroatoms. The molecule has 0 fully saturated rings. The van der Waals surface area contributed by atoms with Crippen molar-refractivity contribution < 1.29 is 14.6 Å². The van der Waals surface area contributed by atoms with Crippen LogP contribution < -0.4 is 0 Å². The van der Waals surface area contributed by atoms with Gasteiger partial charge in [-0.3, -0.25) is 4.79 Å². The molecule has 0 radical (unpaired) electrons. The first-order valence-electron chi connectivity index (χ1n) is 6.82. The fourth-order valence-electron chi connectivity index (χ4n) is 1.87. The van der Waals surface area contributed by atoms with E-state index in [1.807, 2.05) is 19.1 Å². The number of carbonyl (C=O) groups excluding carboxylic acids is 1. The van der Waals surface area contributed by atoms with Crippen LogP contribution in [-0.4, -0.2) is 17.7 Å². The zero-order chi connectivity index (χ0) is 14.5. The molecule has 0 aliphatic rings. The molecule has 0 atom stereocenters. The average molecular weight is 264 g/mol. The lowest BCUT2D eigenvalue weighted by molar-refractivity contribution is -0.143. The quantitative estimate of drug-likeness (QED) is 0.827. The van der Waals surface area contributed by atoms with Crippen molar-refractivity contribution in [3.8, 4) is 5.75 Å². The number of phenols is 1. The molecule has 1 N–H and O–H groups in total. The number of benzene rings is 1. The number of hydrogen-bond donors (Lipinski definition) is 1. The zero-order valence-corrected chi connectivity index (χ0v) is 12.3. The third-order valence-electron chi connectivity index (χ3n) is 2.95. The maximum Gasteiger partial charge on any atom is 0.306 e. The van der Waals surface area contributed by atoms with Crippen molar-refractivity contribution in [3.05, 3.63) is 29.3 Å². The first kappa shape index (κ1) is 15.5. The van der Waals surface area contributed by atoms with Crippen molar-refractivity contribution in [2.75, 3.05) is 6.61 Å². The molecule has 0 amide bonds. The fourth-order valence-corrected chi connectivity index (χ4v) is 1.87. The average Bonchev–Trinajstić information content (AvgIpc) is 2.34. The zero-order valence-electron chi connectivity index (χ0n) is 12.3. The Morgan fingerprint density at radius 1 is 1.32 bits per heavy atom. The highest BCUT2D eigenvalue weighted by atomic mass is 16.5. The van der Waals surface area contributed by atoms with E-state index in [0.29, 0.717) is 25.2 Å². The lowest BCUT2D eigenvalue weighted by Crippen LogP contribution is -2.12. The minimum absolute atomic E-state index is 0.108. The van der Waals surface area contributed by atoms with Crippen molar-refractivity contribution in [1.29, 1.82) is 0 Å². The van der Waals surface area contributed by atoms with Crippen LogP contribution in [0, 0.1) is 0 Å². The number of carbonyl (C=O) groups is 1. The number of phenolic OH excluding ortho intramolecular Hbond substituents is 1. The van der Waals surface area contributed by atoms with Crippen LogP contribution in [0.5, 0.6) is 5.75 Å². The van der Waals surface area contributed by atoms with Crippen molar-refractivity contribution in [3.63, 3.8) is 0 Å². The lowest BCUT2D eigenvalue weighted by atomic mass is 9.85. The lowest BCUT2D eigenvalue weighted by Gasteiger charge is -2.21. The summed E-state index contributed by atoms with van der Waals surface area (Å²) in [6.07, 6.45) is 1.87. The summed E-state index contributed by atoms with van der Waals surface area (Å²) < 4.78 is 5.05. The first-order valence-corrected chi connectivity index (χ1v) is 6.82. The SMILES string of the molecule is CCCOC(=O)CCc1ccc(O)c(C(C)(C)C)c1. The van der Waals surface area contributed by atoms with Gasteiger partial charge in [0.2, 0.25) is 0 Å². The molecule has 0 spiro atoms. The second-order valence-electron chi connectivity index (χ2n) is 5.82. The van der Waals surface area contributed by atoms with Gasteiger partial charge in [-0.05, 0) is 35.4 Å². The first-order chi connectivity index (χ1) is 8.84. The van der Waals surface area contributed by atoms with Gasteiger partial charge in [0.15, 0.2) is 0 Å². The van der Waals surface area contributed by atoms with Gasteiger partial charge in [-0.15, -0.1) is 0 Å². The smallest absolute Gasteiger partial charge is 0.306 e. The molecule has 3 nitrogen and oxygen atoms in total. The van der Waals surface area contributed by atoms with Crippen molar-refractivity contribution in [2.24, 2.45) is 0 Å². The molecule has 19 heavy (non-hydrogen) atoms. The van der Waals surface area contributed by atoms with Gasteiger partial charge in [-0.1, -0.05) is 39.8 Å². The summed E-state index contributed by atoms with van der Waals surface area (Å²) in [5.41, 5.74) is 1.85. The molecule has 0 saturated carbocycles. The topological polar surface area (TPSA) is 46.5 Å². The molecule has 0 bridgehead atoms. The molecule has 0 aliphatic carbocycles. The Morgan fingerprint density at radius 3 is 2.58 bits per heavy atom. The van der Waals surface area contributed by atoms with Crippen LogP contribution in [0.1, 0.15) is 51.7 Å². The largest absolute Gasteiger partial charge is 0.508 e. The van der Waals surface area contributed by atoms with E-state index in [4.69, 9.17) is 4.74 Å². The fraction of sp³-hybridized carbons (Fsp3) is 0.562. The highest BCUT2D eigenvalue weighted by Gasteiger charge is 2.18. The maximum atomic E-state index is 11.5. The van der Waals surface area contributed by atoms with Gasteiger partial charge >= 0.3 is 5.97 Å². The van der Waals surface area contributed by atoms with E-state index >= 15 is 0 Å². The monoisotopic (exact) mass is 264 g/mol. The highest BCUT2D eigenvalue weighted by Crippen LogP contribution is 2.31. The van der Waals surface area contributed by atoms with Crippen molar-refractivity contribution in [2.45, 2.75) is 52.4 Å². The van der Waals surface area contributed by atoms with E-state index in [1.165, 1.54) is 0 Å². The minimum Gasteiger partial charge on any atom is -0.508 e. The van der Waals surface area contributed by atoms with Gasteiger partial charge in [0.05, 0.1) is 6.61 Å². The Balaban J connectivity index is 2.68. The van der Waals surface area contributed by atoms with Crippen LogP contribution in [0.2, 0.25) is 0 Å². The summed E-state index contributed by atoms with van der Waals surface area (Å²) in [7, 11) is 0. The standard InChI is InChI=1S/C16H24O3/c1-5-10-19-15(18)9-7-12-6-8-14(17)13(11-12)16(2,3)4/h6,8,11,17H,5,7,9-10H2,1-4H3. The van der Waals surface area contributed by atoms with E-state index in [1.54, 1.807) is 6.07 Å². The summed E-state index contributed by atoms with van der Waals surface area (Å²) in [6.45, 7) is 8.63. The summed E-state index contributed by atoms with van der Waals surface area (Å²) in [5.74, 6) is 0.150. The predicted molar refractivity (Wildman–Crippen MR) is 76.4 cm³/mol. The van der Waals surface area contributed by atoms with Crippen molar-refractivity contribution in [1.82, 2.24) is 0 Å². The molecule has 0 unspecified atom stereocenters. The second-order valence-corrected chi connectivity index (χ2v) is 5.82. The molecule has 1 aromatic rings. The molecule has 1 aromatic carbocycles. The molecule has 1 rings (SSSR count). The van der Waals surface area contributed by atoms with Crippen LogP contribution in [0.3, 0.4) is 0 Å². The summed E-state index contributed by atoms with van der Waals surface area (Å²) in [6, 6.07) is 5.54. The van der Waals surface area contributed by atoms with Crippen LogP contribution in [0.15, 0.2) is 18.2 Å². The molecule has 0 heterocycles. The molecular weight excluding hydrogens is 240 g/mol. The van der Waals surface area contributed by atoms with Gasteiger partial charge in [0.25, 0.3) is 0 Å². The number of hydrogen-bond acceptors (Lipinski definition) is 3. The van der Waals surface area contributed by atoms with Gasteiger partial charge in [0.1, 0.15) is 5.75 Å². The van der Waals surface area contributed by atoms with E-state index in [2.05, 4.69) is 20.8 Å². The summed E-state index contributed by atoms with van der Waals surface area (Å²) in [5, 5.41) is 9.87. The number of rotatable bonds is 5. The number of aromatic hydroxyl groups is 1. The molecule has 0 aliphatic heterocycles. The normalized spacial score (nSPS) is 11.4. The Labute approximate surface area is 115 Å². The van der Waals surface area contributed by atoms with Gasteiger partial charge in [-0.2, -0.15) is 0 Å². The molecule has 106 valence electrons. The maximum absolute atomic E-state index is 11.5. The minimum atomic E-state index is -0.160. The van der Waals surface area contributed by atoms with E-state index < -0.39 is 0 Å².